The highest BCUT2D eigenvalue weighted by Gasteiger charge is 1.96. The lowest BCUT2D eigenvalue weighted by Crippen LogP contribution is -2.39. The first-order chi connectivity index (χ1) is 7.30. The van der Waals surface area contributed by atoms with Gasteiger partial charge < -0.3 is 16.4 Å². The van der Waals surface area contributed by atoms with Crippen molar-refractivity contribution in [3.05, 3.63) is 30.1 Å². The zero-order valence-corrected chi connectivity index (χ0v) is 9.80. The van der Waals surface area contributed by atoms with Crippen molar-refractivity contribution in [3.8, 4) is 0 Å². The van der Waals surface area contributed by atoms with E-state index in [-0.39, 0.29) is 12.4 Å². The highest BCUT2D eigenvalue weighted by Crippen LogP contribution is 1.88. The van der Waals surface area contributed by atoms with Crippen LogP contribution in [-0.2, 0) is 0 Å². The summed E-state index contributed by atoms with van der Waals surface area (Å²) in [6.45, 7) is 4.56. The van der Waals surface area contributed by atoms with Gasteiger partial charge in [-0.05, 0) is 12.1 Å². The third-order valence-corrected chi connectivity index (χ3v) is 1.87. The molecule has 1 aliphatic heterocycles. The number of carbonyl (C=O) groups is 1. The van der Waals surface area contributed by atoms with E-state index in [1.54, 1.807) is 18.2 Å². The summed E-state index contributed by atoms with van der Waals surface area (Å²) in [5.41, 5.74) is 5.22. The quantitative estimate of drug-likeness (QED) is 0.638. The number of nitrogens with two attached hydrogens (primary N) is 1. The molecule has 0 unspecified atom stereocenters. The van der Waals surface area contributed by atoms with Crippen LogP contribution >= 0.6 is 12.4 Å². The van der Waals surface area contributed by atoms with E-state index in [0.29, 0.717) is 5.69 Å². The number of piperazine rings is 1. The van der Waals surface area contributed by atoms with Gasteiger partial charge in [-0.2, -0.15) is 0 Å². The van der Waals surface area contributed by atoms with Crippen molar-refractivity contribution in [3.63, 3.8) is 0 Å². The lowest BCUT2D eigenvalue weighted by molar-refractivity contribution is 0.0995. The molecule has 0 saturated carbocycles. The molecule has 1 aromatic rings. The molecule has 1 fully saturated rings. The lowest BCUT2D eigenvalue weighted by atomic mass is 10.3. The van der Waals surface area contributed by atoms with Crippen molar-refractivity contribution in [1.82, 2.24) is 15.6 Å². The number of hydrogen-bond acceptors (Lipinski definition) is 4. The highest BCUT2D eigenvalue weighted by atomic mass is 35.5. The van der Waals surface area contributed by atoms with E-state index in [1.807, 2.05) is 0 Å². The van der Waals surface area contributed by atoms with E-state index < -0.39 is 5.91 Å². The second-order valence-electron chi connectivity index (χ2n) is 3.08. The van der Waals surface area contributed by atoms with Gasteiger partial charge in [-0.3, -0.25) is 9.78 Å². The molecule has 0 spiro atoms. The van der Waals surface area contributed by atoms with Crippen LogP contribution in [0.3, 0.4) is 0 Å². The molecule has 0 atom stereocenters. The summed E-state index contributed by atoms with van der Waals surface area (Å²) in [5.74, 6) is -0.490. The van der Waals surface area contributed by atoms with Gasteiger partial charge in [0.15, 0.2) is 0 Å². The number of primary amides is 1. The number of amides is 1. The molecule has 0 aliphatic carbocycles. The van der Waals surface area contributed by atoms with Gasteiger partial charge >= 0.3 is 0 Å². The summed E-state index contributed by atoms with van der Waals surface area (Å²) >= 11 is 0. The smallest absolute Gasteiger partial charge is 0.267 e. The maximum atomic E-state index is 10.4. The molecule has 4 N–H and O–H groups in total. The Morgan fingerprint density at radius 2 is 1.75 bits per heavy atom. The van der Waals surface area contributed by atoms with E-state index in [4.69, 9.17) is 5.73 Å². The molecule has 2 rings (SSSR count). The first-order valence-electron chi connectivity index (χ1n) is 4.93. The number of aromatic nitrogens is 1. The second-order valence-corrected chi connectivity index (χ2v) is 3.08. The zero-order chi connectivity index (χ0) is 10.9. The minimum absolute atomic E-state index is 0. The van der Waals surface area contributed by atoms with Gasteiger partial charge in [-0.1, -0.05) is 6.07 Å². The fourth-order valence-corrected chi connectivity index (χ4v) is 1.11. The van der Waals surface area contributed by atoms with Crippen molar-refractivity contribution in [2.45, 2.75) is 0 Å². The largest absolute Gasteiger partial charge is 0.364 e. The zero-order valence-electron chi connectivity index (χ0n) is 8.98. The van der Waals surface area contributed by atoms with Crippen LogP contribution in [-0.4, -0.2) is 37.1 Å². The van der Waals surface area contributed by atoms with Crippen LogP contribution < -0.4 is 16.4 Å². The van der Waals surface area contributed by atoms with Crippen molar-refractivity contribution in [1.29, 1.82) is 0 Å². The Kier molecular flexibility index (Phi) is 8.42. The Morgan fingerprint density at radius 1 is 1.19 bits per heavy atom. The van der Waals surface area contributed by atoms with Gasteiger partial charge in [0.1, 0.15) is 5.69 Å². The molecule has 16 heavy (non-hydrogen) atoms. The second kappa shape index (κ2) is 9.08. The number of nitrogens with zero attached hydrogens (tertiary/aromatic N) is 1. The molecule has 6 heteroatoms. The number of carbonyl (C=O) groups excluding carboxylic acids is 1. The normalized spacial score (nSPS) is 14.0. The van der Waals surface area contributed by atoms with Crippen LogP contribution in [0.4, 0.5) is 0 Å². The molecule has 1 aliphatic rings. The van der Waals surface area contributed by atoms with Crippen LogP contribution in [0.25, 0.3) is 0 Å². The molecule has 1 aromatic heterocycles. The fourth-order valence-electron chi connectivity index (χ4n) is 1.11. The molecule has 0 bridgehead atoms. The lowest BCUT2D eigenvalue weighted by Gasteiger charge is -2.11. The van der Waals surface area contributed by atoms with Gasteiger partial charge in [0.25, 0.3) is 5.91 Å². The van der Waals surface area contributed by atoms with E-state index in [2.05, 4.69) is 15.6 Å². The molecular weight excluding hydrogens is 228 g/mol. The van der Waals surface area contributed by atoms with Gasteiger partial charge in [0.05, 0.1) is 0 Å². The average molecular weight is 245 g/mol. The third-order valence-electron chi connectivity index (χ3n) is 1.87. The van der Waals surface area contributed by atoms with E-state index in [0.717, 1.165) is 26.2 Å². The number of hydrogen-bond donors (Lipinski definition) is 3. The molecule has 90 valence electrons. The van der Waals surface area contributed by atoms with E-state index >= 15 is 0 Å². The summed E-state index contributed by atoms with van der Waals surface area (Å²) < 4.78 is 0. The van der Waals surface area contributed by atoms with Crippen LogP contribution in [0.15, 0.2) is 24.4 Å². The maximum Gasteiger partial charge on any atom is 0.267 e. The van der Waals surface area contributed by atoms with Crippen LogP contribution in [0.2, 0.25) is 0 Å². The summed E-state index contributed by atoms with van der Waals surface area (Å²) in [6, 6.07) is 5.02. The molecule has 0 aromatic carbocycles. The SMILES string of the molecule is C1CNCCN1.Cl.NC(=O)c1ccccn1. The molecule has 5 nitrogen and oxygen atoms in total. The monoisotopic (exact) mass is 244 g/mol. The predicted molar refractivity (Wildman–Crippen MR) is 65.7 cm³/mol. The average Bonchev–Trinajstić information content (AvgIpc) is 2.33. The summed E-state index contributed by atoms with van der Waals surface area (Å²) in [6.07, 6.45) is 1.53. The first-order valence-corrected chi connectivity index (χ1v) is 4.93. The van der Waals surface area contributed by atoms with Crippen molar-refractivity contribution < 1.29 is 4.79 Å². The Labute approximate surface area is 101 Å². The third kappa shape index (κ3) is 6.34. The Hall–Kier alpha value is -1.17. The molecule has 1 saturated heterocycles. The fraction of sp³-hybridized carbons (Fsp3) is 0.400. The van der Waals surface area contributed by atoms with Crippen LogP contribution in [0.1, 0.15) is 10.5 Å². The van der Waals surface area contributed by atoms with Gasteiger partial charge in [0, 0.05) is 32.4 Å². The standard InChI is InChI=1S/C6H6N2O.C4H10N2.ClH/c7-6(9)5-3-1-2-4-8-5;1-2-6-4-3-5-1;/h1-4H,(H2,7,9);5-6H,1-4H2;1H. The van der Waals surface area contributed by atoms with Crippen LogP contribution in [0.5, 0.6) is 0 Å². The number of rotatable bonds is 1. The van der Waals surface area contributed by atoms with Gasteiger partial charge in [-0.25, -0.2) is 0 Å². The van der Waals surface area contributed by atoms with Gasteiger partial charge in [0.2, 0.25) is 0 Å². The minimum Gasteiger partial charge on any atom is -0.364 e. The van der Waals surface area contributed by atoms with E-state index in [1.165, 1.54) is 6.20 Å². The minimum atomic E-state index is -0.490. The summed E-state index contributed by atoms with van der Waals surface area (Å²) in [4.78, 5) is 14.1. The van der Waals surface area contributed by atoms with Gasteiger partial charge in [-0.15, -0.1) is 12.4 Å². The summed E-state index contributed by atoms with van der Waals surface area (Å²) in [7, 11) is 0. The predicted octanol–water partition coefficient (Wildman–Crippen LogP) is -0.218. The van der Waals surface area contributed by atoms with Crippen LogP contribution in [0, 0.1) is 0 Å². The number of pyridine rings is 1. The summed E-state index contributed by atoms with van der Waals surface area (Å²) in [5, 5.41) is 6.44. The maximum absolute atomic E-state index is 10.4. The molecule has 2 heterocycles. The Morgan fingerprint density at radius 3 is 2.00 bits per heavy atom. The molecule has 0 radical (unpaired) electrons. The van der Waals surface area contributed by atoms with Crippen molar-refractivity contribution in [2.75, 3.05) is 26.2 Å². The van der Waals surface area contributed by atoms with E-state index in [9.17, 15) is 4.79 Å². The Balaban J connectivity index is 0.000000283. The van der Waals surface area contributed by atoms with Crippen molar-refractivity contribution in [2.24, 2.45) is 5.73 Å². The molecule has 1 amide bonds. The number of nitrogens with one attached hydrogen (secondary N) is 2. The number of halogens is 1. The molecular formula is C10H17ClN4O. The topological polar surface area (TPSA) is 80.0 Å². The first kappa shape index (κ1) is 14.8. The highest BCUT2D eigenvalue weighted by molar-refractivity contribution is 5.90. The van der Waals surface area contributed by atoms with Crippen molar-refractivity contribution >= 4 is 18.3 Å². The Bertz CT molecular complexity index is 279.